The highest BCUT2D eigenvalue weighted by molar-refractivity contribution is 7.98. The van der Waals surface area contributed by atoms with Crippen LogP contribution in [-0.4, -0.2) is 40.0 Å². The summed E-state index contributed by atoms with van der Waals surface area (Å²) in [5.41, 5.74) is 0.580. The molecule has 2 aromatic rings. The summed E-state index contributed by atoms with van der Waals surface area (Å²) in [6, 6.07) is 4.50. The number of alkyl halides is 3. The zero-order chi connectivity index (χ0) is 19.4. The average Bonchev–Trinajstić information content (AvgIpc) is 2.68. The van der Waals surface area contributed by atoms with Crippen LogP contribution in [0.15, 0.2) is 41.8 Å². The van der Waals surface area contributed by atoms with Crippen molar-refractivity contribution in [3.8, 4) is 0 Å². The van der Waals surface area contributed by atoms with Gasteiger partial charge in [0.1, 0.15) is 0 Å². The van der Waals surface area contributed by atoms with E-state index >= 15 is 0 Å². The lowest BCUT2D eigenvalue weighted by molar-refractivity contribution is -0.137. The molecule has 1 aliphatic heterocycles. The number of aromatic nitrogens is 2. The number of likely N-dealkylation sites (tertiary alicyclic amines) is 1. The number of benzene rings is 1. The van der Waals surface area contributed by atoms with Crippen molar-refractivity contribution in [2.24, 2.45) is 5.92 Å². The van der Waals surface area contributed by atoms with Crippen LogP contribution in [0.5, 0.6) is 0 Å². The Hall–Kier alpha value is -1.93. The second kappa shape index (κ2) is 8.39. The van der Waals surface area contributed by atoms with Gasteiger partial charge in [0.15, 0.2) is 10.9 Å². The summed E-state index contributed by atoms with van der Waals surface area (Å²) in [5, 5.41) is 0.716. The van der Waals surface area contributed by atoms with Crippen molar-refractivity contribution >= 4 is 17.5 Å². The van der Waals surface area contributed by atoms with E-state index in [9.17, 15) is 18.0 Å². The number of halogens is 3. The predicted molar refractivity (Wildman–Crippen MR) is 97.6 cm³/mol. The number of piperidine rings is 1. The lowest BCUT2D eigenvalue weighted by Gasteiger charge is -2.31. The molecule has 1 aliphatic rings. The summed E-state index contributed by atoms with van der Waals surface area (Å²) in [4.78, 5) is 23.4. The second-order valence-corrected chi connectivity index (χ2v) is 7.37. The van der Waals surface area contributed by atoms with E-state index in [1.807, 2.05) is 6.26 Å². The first kappa shape index (κ1) is 19.8. The second-order valence-electron chi connectivity index (χ2n) is 6.59. The molecule has 1 atom stereocenters. The quantitative estimate of drug-likeness (QED) is 0.429. The Kier molecular flexibility index (Phi) is 6.16. The van der Waals surface area contributed by atoms with Gasteiger partial charge in [0.2, 0.25) is 0 Å². The maximum atomic E-state index is 12.7. The van der Waals surface area contributed by atoms with Crippen molar-refractivity contribution in [1.82, 2.24) is 14.9 Å². The van der Waals surface area contributed by atoms with E-state index in [1.54, 1.807) is 12.4 Å². The molecule has 1 saturated heterocycles. The van der Waals surface area contributed by atoms with E-state index in [0.717, 1.165) is 37.1 Å². The molecular formula is C19H20F3N3OS. The fourth-order valence-electron chi connectivity index (χ4n) is 3.26. The van der Waals surface area contributed by atoms with E-state index in [0.29, 0.717) is 23.8 Å². The van der Waals surface area contributed by atoms with Gasteiger partial charge in [-0.15, -0.1) is 0 Å². The minimum atomic E-state index is -4.39. The Morgan fingerprint density at radius 3 is 2.48 bits per heavy atom. The van der Waals surface area contributed by atoms with Crippen molar-refractivity contribution in [3.63, 3.8) is 0 Å². The lowest BCUT2D eigenvalue weighted by Crippen LogP contribution is -2.38. The Labute approximate surface area is 160 Å². The van der Waals surface area contributed by atoms with Gasteiger partial charge in [0, 0.05) is 42.5 Å². The van der Waals surface area contributed by atoms with E-state index in [-0.39, 0.29) is 11.7 Å². The van der Waals surface area contributed by atoms with Crippen LogP contribution in [0.4, 0.5) is 13.2 Å². The number of thioether (sulfide) groups is 1. The van der Waals surface area contributed by atoms with Crippen LogP contribution >= 0.6 is 11.8 Å². The molecule has 0 saturated carbocycles. The van der Waals surface area contributed by atoms with Crippen molar-refractivity contribution in [2.45, 2.75) is 30.7 Å². The summed E-state index contributed by atoms with van der Waals surface area (Å²) < 4.78 is 38.0. The standard InChI is InChI=1S/C19H20F3N3OS/c1-27-18-23-9-13(10-24-18)11-25-8-2-3-15(12-25)17(26)14-4-6-16(7-5-14)19(20,21)22/h4-7,9-10,15H,2-3,8,11-12H2,1H3/t15-/m1/s1. The summed E-state index contributed by atoms with van der Waals surface area (Å²) in [5.74, 6) is -0.302. The molecular weight excluding hydrogens is 375 g/mol. The Balaban J connectivity index is 1.63. The highest BCUT2D eigenvalue weighted by atomic mass is 32.2. The summed E-state index contributed by atoms with van der Waals surface area (Å²) in [6.45, 7) is 2.12. The third-order valence-corrected chi connectivity index (χ3v) is 5.22. The molecule has 144 valence electrons. The van der Waals surface area contributed by atoms with Gasteiger partial charge in [0.25, 0.3) is 0 Å². The van der Waals surface area contributed by atoms with E-state index in [1.165, 1.54) is 23.9 Å². The molecule has 1 fully saturated rings. The maximum absolute atomic E-state index is 12.7. The minimum absolute atomic E-state index is 0.0950. The summed E-state index contributed by atoms with van der Waals surface area (Å²) in [7, 11) is 0. The van der Waals surface area contributed by atoms with Gasteiger partial charge in [-0.3, -0.25) is 9.69 Å². The number of rotatable bonds is 5. The summed E-state index contributed by atoms with van der Waals surface area (Å²) >= 11 is 1.48. The van der Waals surface area contributed by atoms with Crippen LogP contribution < -0.4 is 0 Å². The first-order chi connectivity index (χ1) is 12.9. The molecule has 8 heteroatoms. The van der Waals surface area contributed by atoms with Crippen molar-refractivity contribution in [2.75, 3.05) is 19.3 Å². The fourth-order valence-corrected chi connectivity index (χ4v) is 3.58. The third-order valence-electron chi connectivity index (χ3n) is 4.64. The van der Waals surface area contributed by atoms with Gasteiger partial charge in [-0.25, -0.2) is 9.97 Å². The van der Waals surface area contributed by atoms with Crippen molar-refractivity contribution in [1.29, 1.82) is 0 Å². The van der Waals surface area contributed by atoms with Gasteiger partial charge in [-0.05, 0) is 37.8 Å². The zero-order valence-electron chi connectivity index (χ0n) is 14.9. The van der Waals surface area contributed by atoms with E-state index in [4.69, 9.17) is 0 Å². The molecule has 0 unspecified atom stereocenters. The van der Waals surface area contributed by atoms with Crippen LogP contribution in [-0.2, 0) is 12.7 Å². The molecule has 3 rings (SSSR count). The highest BCUT2D eigenvalue weighted by Crippen LogP contribution is 2.30. The van der Waals surface area contributed by atoms with Gasteiger partial charge in [-0.2, -0.15) is 13.2 Å². The molecule has 0 spiro atoms. The topological polar surface area (TPSA) is 46.1 Å². The SMILES string of the molecule is CSc1ncc(CN2CCC[C@@H](C(=O)c3ccc(C(F)(F)F)cc3)C2)cn1. The predicted octanol–water partition coefficient (Wildman–Crippen LogP) is 4.31. The zero-order valence-corrected chi connectivity index (χ0v) is 15.7. The van der Waals surface area contributed by atoms with E-state index < -0.39 is 11.7 Å². The number of carbonyl (C=O) groups is 1. The van der Waals surface area contributed by atoms with Crippen LogP contribution in [0, 0.1) is 5.92 Å². The first-order valence-corrected chi connectivity index (χ1v) is 9.88. The van der Waals surface area contributed by atoms with Gasteiger partial charge >= 0.3 is 6.18 Å². The van der Waals surface area contributed by atoms with E-state index in [2.05, 4.69) is 14.9 Å². The normalized spacial score (nSPS) is 18.4. The number of ketones is 1. The van der Waals surface area contributed by atoms with Crippen LogP contribution in [0.2, 0.25) is 0 Å². The lowest BCUT2D eigenvalue weighted by atomic mass is 9.89. The Morgan fingerprint density at radius 2 is 1.89 bits per heavy atom. The first-order valence-electron chi connectivity index (χ1n) is 8.65. The number of carbonyl (C=O) groups excluding carboxylic acids is 1. The molecule has 27 heavy (non-hydrogen) atoms. The largest absolute Gasteiger partial charge is 0.416 e. The van der Waals surface area contributed by atoms with Crippen LogP contribution in [0.3, 0.4) is 0 Å². The molecule has 0 aliphatic carbocycles. The number of hydrogen-bond donors (Lipinski definition) is 0. The molecule has 0 N–H and O–H groups in total. The van der Waals surface area contributed by atoms with Crippen molar-refractivity contribution < 1.29 is 18.0 Å². The third kappa shape index (κ3) is 5.07. The fraction of sp³-hybridized carbons (Fsp3) is 0.421. The Morgan fingerprint density at radius 1 is 1.22 bits per heavy atom. The van der Waals surface area contributed by atoms with Crippen LogP contribution in [0.25, 0.3) is 0 Å². The number of hydrogen-bond acceptors (Lipinski definition) is 5. The number of nitrogens with zero attached hydrogens (tertiary/aromatic N) is 3. The average molecular weight is 395 g/mol. The Bertz CT molecular complexity index is 778. The summed E-state index contributed by atoms with van der Waals surface area (Å²) in [6.07, 6.45) is 2.73. The number of Topliss-reactive ketones (excluding diaryl/α,β-unsaturated/α-hetero) is 1. The van der Waals surface area contributed by atoms with Crippen LogP contribution in [0.1, 0.15) is 34.3 Å². The van der Waals surface area contributed by atoms with Gasteiger partial charge < -0.3 is 0 Å². The van der Waals surface area contributed by atoms with Crippen molar-refractivity contribution in [3.05, 3.63) is 53.3 Å². The molecule has 1 aromatic heterocycles. The monoisotopic (exact) mass is 395 g/mol. The molecule has 1 aromatic carbocycles. The van der Waals surface area contributed by atoms with Gasteiger partial charge in [0.05, 0.1) is 5.56 Å². The smallest absolute Gasteiger partial charge is 0.298 e. The van der Waals surface area contributed by atoms with Gasteiger partial charge in [-0.1, -0.05) is 23.9 Å². The minimum Gasteiger partial charge on any atom is -0.298 e. The molecule has 0 radical (unpaired) electrons. The molecule has 0 bridgehead atoms. The molecule has 4 nitrogen and oxygen atoms in total. The molecule has 0 amide bonds. The maximum Gasteiger partial charge on any atom is 0.416 e. The molecule has 2 heterocycles. The highest BCUT2D eigenvalue weighted by Gasteiger charge is 2.31.